The second-order valence-corrected chi connectivity index (χ2v) is 6.79. The van der Waals surface area contributed by atoms with Crippen LogP contribution in [0.4, 0.5) is 0 Å². The fraction of sp³-hybridized carbons (Fsp3) is 0.857. The van der Waals surface area contributed by atoms with Crippen molar-refractivity contribution < 1.29 is 28.5 Å². The Morgan fingerprint density at radius 2 is 1.10 bits per heavy atom. The van der Waals surface area contributed by atoms with Crippen LogP contribution >= 0.6 is 0 Å². The lowest BCUT2D eigenvalue weighted by atomic mass is 9.97. The smallest absolute Gasteiger partial charge is 0.313 e. The lowest BCUT2D eigenvalue weighted by molar-refractivity contribution is -0.306. The van der Waals surface area contributed by atoms with Crippen molar-refractivity contribution in [2.24, 2.45) is 10.8 Å². The van der Waals surface area contributed by atoms with Crippen LogP contribution in [-0.4, -0.2) is 37.7 Å². The molecule has 0 bridgehead atoms. The van der Waals surface area contributed by atoms with Crippen molar-refractivity contribution >= 4 is 11.9 Å². The Balaban J connectivity index is 2.68. The van der Waals surface area contributed by atoms with Crippen molar-refractivity contribution in [3.63, 3.8) is 0 Å². The van der Waals surface area contributed by atoms with Gasteiger partial charge >= 0.3 is 11.9 Å². The summed E-state index contributed by atoms with van der Waals surface area (Å²) in [5.74, 6) is -0.880. The van der Waals surface area contributed by atoms with Crippen molar-refractivity contribution in [1.82, 2.24) is 0 Å². The fourth-order valence-electron chi connectivity index (χ4n) is 1.23. The maximum absolute atomic E-state index is 11.9. The summed E-state index contributed by atoms with van der Waals surface area (Å²) in [6.07, 6.45) is -2.05. The van der Waals surface area contributed by atoms with Crippen LogP contribution in [0.15, 0.2) is 0 Å². The summed E-state index contributed by atoms with van der Waals surface area (Å²) in [5, 5.41) is 0. The van der Waals surface area contributed by atoms with Crippen LogP contribution in [0.2, 0.25) is 0 Å². The van der Waals surface area contributed by atoms with Crippen LogP contribution in [-0.2, 0) is 28.5 Å². The molecule has 1 aliphatic heterocycles. The van der Waals surface area contributed by atoms with E-state index < -0.39 is 35.3 Å². The molecule has 0 N–H and O–H groups in total. The van der Waals surface area contributed by atoms with Crippen LogP contribution in [0.3, 0.4) is 0 Å². The third-order valence-corrected chi connectivity index (χ3v) is 2.54. The number of ether oxygens (including phenoxy) is 4. The van der Waals surface area contributed by atoms with Gasteiger partial charge in [-0.15, -0.1) is 0 Å². The molecule has 6 nitrogen and oxygen atoms in total. The van der Waals surface area contributed by atoms with Gasteiger partial charge in [-0.05, 0) is 41.5 Å². The summed E-state index contributed by atoms with van der Waals surface area (Å²) in [6, 6.07) is 0. The number of carbonyl (C=O) groups excluding carboxylic acids is 2. The second kappa shape index (κ2) is 6.10. The van der Waals surface area contributed by atoms with E-state index in [1.54, 1.807) is 41.5 Å². The first kappa shape index (κ1) is 16.9. The highest BCUT2D eigenvalue weighted by atomic mass is 16.8. The van der Waals surface area contributed by atoms with Gasteiger partial charge in [-0.25, -0.2) is 0 Å². The van der Waals surface area contributed by atoms with Crippen molar-refractivity contribution in [3.05, 3.63) is 0 Å². The minimum Gasteiger partial charge on any atom is -0.428 e. The zero-order chi connectivity index (χ0) is 15.6. The zero-order valence-corrected chi connectivity index (χ0v) is 13.0. The molecule has 20 heavy (non-hydrogen) atoms. The average Bonchev–Trinajstić information content (AvgIpc) is 2.29. The molecule has 0 unspecified atom stereocenters. The van der Waals surface area contributed by atoms with Gasteiger partial charge in [0.1, 0.15) is 0 Å². The molecule has 0 aromatic heterocycles. The summed E-state index contributed by atoms with van der Waals surface area (Å²) in [4.78, 5) is 23.7. The summed E-state index contributed by atoms with van der Waals surface area (Å²) in [6.45, 7) is 11.0. The average molecular weight is 288 g/mol. The number of rotatable bonds is 2. The Morgan fingerprint density at radius 1 is 0.800 bits per heavy atom. The predicted octanol–water partition coefficient (Wildman–Crippen LogP) is 1.86. The van der Waals surface area contributed by atoms with Gasteiger partial charge in [0.15, 0.2) is 0 Å². The molecule has 1 fully saturated rings. The highest BCUT2D eigenvalue weighted by molar-refractivity contribution is 5.76. The number of carbonyl (C=O) groups is 2. The molecule has 6 heteroatoms. The topological polar surface area (TPSA) is 71.1 Å². The third kappa shape index (κ3) is 4.76. The lowest BCUT2D eigenvalue weighted by Crippen LogP contribution is -2.46. The number of esters is 2. The predicted molar refractivity (Wildman–Crippen MR) is 70.6 cm³/mol. The van der Waals surface area contributed by atoms with Crippen LogP contribution in [0.1, 0.15) is 41.5 Å². The van der Waals surface area contributed by atoms with E-state index in [0.717, 1.165) is 0 Å². The van der Waals surface area contributed by atoms with Crippen molar-refractivity contribution in [2.45, 2.75) is 54.1 Å². The Bertz CT molecular complexity index is 327. The maximum atomic E-state index is 11.9. The first-order valence-corrected chi connectivity index (χ1v) is 6.67. The zero-order valence-electron chi connectivity index (χ0n) is 13.0. The van der Waals surface area contributed by atoms with Gasteiger partial charge < -0.3 is 18.9 Å². The minimum atomic E-state index is -1.03. The Kier molecular flexibility index (Phi) is 5.15. The van der Waals surface area contributed by atoms with E-state index in [1.165, 1.54) is 0 Å². The molecule has 0 amide bonds. The Morgan fingerprint density at radius 3 is 1.35 bits per heavy atom. The molecule has 1 saturated heterocycles. The summed E-state index contributed by atoms with van der Waals surface area (Å²) < 4.78 is 21.1. The number of hydrogen-bond donors (Lipinski definition) is 0. The normalized spacial score (nSPS) is 24.1. The van der Waals surface area contributed by atoms with Gasteiger partial charge in [0, 0.05) is 0 Å². The molecular formula is C14H24O6. The van der Waals surface area contributed by atoms with Gasteiger partial charge in [0.2, 0.25) is 0 Å². The molecule has 0 spiro atoms. The van der Waals surface area contributed by atoms with Gasteiger partial charge in [-0.3, -0.25) is 9.59 Å². The van der Waals surface area contributed by atoms with Crippen molar-refractivity contribution in [2.75, 3.05) is 13.2 Å². The van der Waals surface area contributed by atoms with Gasteiger partial charge in [0.25, 0.3) is 12.6 Å². The van der Waals surface area contributed by atoms with Crippen LogP contribution in [0, 0.1) is 10.8 Å². The van der Waals surface area contributed by atoms with Crippen LogP contribution in [0.25, 0.3) is 0 Å². The monoisotopic (exact) mass is 288 g/mol. The van der Waals surface area contributed by atoms with E-state index >= 15 is 0 Å². The highest BCUT2D eigenvalue weighted by Gasteiger charge is 2.38. The first-order valence-electron chi connectivity index (χ1n) is 6.67. The fourth-order valence-corrected chi connectivity index (χ4v) is 1.23. The maximum Gasteiger partial charge on any atom is 0.313 e. The second-order valence-electron chi connectivity index (χ2n) is 6.79. The van der Waals surface area contributed by atoms with Crippen molar-refractivity contribution in [1.29, 1.82) is 0 Å². The van der Waals surface area contributed by atoms with Gasteiger partial charge in [-0.1, -0.05) is 0 Å². The van der Waals surface area contributed by atoms with E-state index in [1.807, 2.05) is 0 Å². The standard InChI is InChI=1S/C14H24O6/c1-13(2,3)11(15)19-9-10(18-8-7-17-9)20-12(16)14(4,5)6/h9-10H,7-8H2,1-6H3/t9-,10-/m1/s1. The molecule has 1 rings (SSSR count). The third-order valence-electron chi connectivity index (χ3n) is 2.54. The van der Waals surface area contributed by atoms with Crippen molar-refractivity contribution in [3.8, 4) is 0 Å². The SMILES string of the molecule is CC(C)(C)C(=O)O[C@H]1OCCO[C@@H]1OC(=O)C(C)(C)C. The van der Waals surface area contributed by atoms with E-state index in [2.05, 4.69) is 0 Å². The first-order chi connectivity index (χ1) is 9.01. The van der Waals surface area contributed by atoms with E-state index in [-0.39, 0.29) is 13.2 Å². The molecule has 0 aliphatic carbocycles. The minimum absolute atomic E-state index is 0.283. The number of hydrogen-bond acceptors (Lipinski definition) is 6. The quantitative estimate of drug-likeness (QED) is 0.722. The van der Waals surface area contributed by atoms with Crippen LogP contribution < -0.4 is 0 Å². The van der Waals surface area contributed by atoms with E-state index in [0.29, 0.717) is 0 Å². The molecule has 116 valence electrons. The van der Waals surface area contributed by atoms with E-state index in [9.17, 15) is 9.59 Å². The van der Waals surface area contributed by atoms with Crippen LogP contribution in [0.5, 0.6) is 0 Å². The van der Waals surface area contributed by atoms with Gasteiger partial charge in [-0.2, -0.15) is 0 Å². The highest BCUT2D eigenvalue weighted by Crippen LogP contribution is 2.23. The molecule has 0 radical (unpaired) electrons. The van der Waals surface area contributed by atoms with E-state index in [4.69, 9.17) is 18.9 Å². The molecular weight excluding hydrogens is 264 g/mol. The largest absolute Gasteiger partial charge is 0.428 e. The van der Waals surface area contributed by atoms with Gasteiger partial charge in [0.05, 0.1) is 24.0 Å². The summed E-state index contributed by atoms with van der Waals surface area (Å²) in [5.41, 5.74) is -1.33. The Labute approximate surface area is 119 Å². The molecule has 2 atom stereocenters. The summed E-state index contributed by atoms with van der Waals surface area (Å²) >= 11 is 0. The Hall–Kier alpha value is -1.14. The molecule has 0 aromatic rings. The molecule has 0 saturated carbocycles. The molecule has 1 aliphatic rings. The lowest BCUT2D eigenvalue weighted by Gasteiger charge is -2.33. The molecule has 0 aromatic carbocycles. The summed E-state index contributed by atoms with van der Waals surface area (Å²) in [7, 11) is 0. The molecule has 1 heterocycles.